The van der Waals surface area contributed by atoms with Gasteiger partial charge in [0.1, 0.15) is 5.82 Å². The molecule has 0 spiro atoms. The van der Waals surface area contributed by atoms with E-state index in [9.17, 15) is 18.3 Å². The van der Waals surface area contributed by atoms with Gasteiger partial charge >= 0.3 is 6.03 Å². The van der Waals surface area contributed by atoms with Crippen molar-refractivity contribution in [2.24, 2.45) is 0 Å². The number of fused-ring (bicyclic) bond motifs is 1. The molecule has 9 heteroatoms. The average Bonchev–Trinajstić information content (AvgIpc) is 3.22. The molecule has 0 saturated carbocycles. The first-order valence-corrected chi connectivity index (χ1v) is 13.3. The minimum Gasteiger partial charge on any atom is -0.389 e. The summed E-state index contributed by atoms with van der Waals surface area (Å²) in [4.78, 5) is 16.9. The highest BCUT2D eigenvalue weighted by Crippen LogP contribution is 2.25. The van der Waals surface area contributed by atoms with Crippen molar-refractivity contribution in [3.05, 3.63) is 89.2 Å². The predicted octanol–water partition coefficient (Wildman–Crippen LogP) is 4.18. The minimum absolute atomic E-state index is 0.0411. The van der Waals surface area contributed by atoms with Gasteiger partial charge in [-0.2, -0.15) is 0 Å². The number of nitrogens with zero attached hydrogens (tertiary/aromatic N) is 2. The lowest BCUT2D eigenvalue weighted by Gasteiger charge is -2.11. The highest BCUT2D eigenvalue weighted by Gasteiger charge is 2.17. The van der Waals surface area contributed by atoms with Crippen molar-refractivity contribution in [2.75, 3.05) is 6.54 Å². The summed E-state index contributed by atoms with van der Waals surface area (Å²) in [5.74, 6) is 0.925. The van der Waals surface area contributed by atoms with Crippen LogP contribution < -0.4 is 10.0 Å². The molecule has 188 valence electrons. The van der Waals surface area contributed by atoms with Crippen LogP contribution in [0.25, 0.3) is 16.7 Å². The fraction of sp³-hybridized carbons (Fsp3) is 0.259. The summed E-state index contributed by atoms with van der Waals surface area (Å²) < 4.78 is 28.8. The van der Waals surface area contributed by atoms with Crippen LogP contribution in [-0.2, 0) is 22.9 Å². The normalized spacial score (nSPS) is 12.4. The van der Waals surface area contributed by atoms with Crippen molar-refractivity contribution in [3.8, 4) is 5.69 Å². The molecule has 1 aromatic heterocycles. The van der Waals surface area contributed by atoms with Crippen molar-refractivity contribution in [2.45, 2.75) is 44.6 Å². The third-order valence-electron chi connectivity index (χ3n) is 6.00. The molecule has 1 atom stereocenters. The molecule has 2 amide bonds. The number of aromatic nitrogens is 2. The smallest absolute Gasteiger partial charge is 0.328 e. The number of amides is 2. The molecule has 0 aliphatic carbocycles. The summed E-state index contributed by atoms with van der Waals surface area (Å²) in [6.07, 6.45) is 0.745. The number of aliphatic hydroxyl groups is 1. The second kappa shape index (κ2) is 10.5. The van der Waals surface area contributed by atoms with Crippen LogP contribution in [0.15, 0.2) is 71.6 Å². The second-order valence-electron chi connectivity index (χ2n) is 8.73. The summed E-state index contributed by atoms with van der Waals surface area (Å²) in [7, 11) is -3.92. The maximum absolute atomic E-state index is 12.3. The van der Waals surface area contributed by atoms with Gasteiger partial charge in [0.25, 0.3) is 10.0 Å². The molecule has 3 aromatic carbocycles. The third kappa shape index (κ3) is 5.58. The van der Waals surface area contributed by atoms with E-state index >= 15 is 0 Å². The van der Waals surface area contributed by atoms with Crippen LogP contribution in [0, 0.1) is 6.92 Å². The number of sulfonamides is 1. The largest absolute Gasteiger partial charge is 0.389 e. The zero-order valence-electron chi connectivity index (χ0n) is 20.5. The molecule has 0 bridgehead atoms. The predicted molar refractivity (Wildman–Crippen MR) is 140 cm³/mol. The number of aryl methyl sites for hydroxylation is 2. The van der Waals surface area contributed by atoms with Gasteiger partial charge in [0.15, 0.2) is 0 Å². The fourth-order valence-corrected chi connectivity index (χ4v) is 4.93. The van der Waals surface area contributed by atoms with Gasteiger partial charge in [-0.05, 0) is 67.8 Å². The number of urea groups is 1. The van der Waals surface area contributed by atoms with E-state index in [2.05, 4.69) is 16.8 Å². The van der Waals surface area contributed by atoms with Crippen LogP contribution in [0.4, 0.5) is 4.79 Å². The van der Waals surface area contributed by atoms with Gasteiger partial charge in [0.05, 0.1) is 22.0 Å². The van der Waals surface area contributed by atoms with Gasteiger partial charge in [-0.1, -0.05) is 42.8 Å². The zero-order chi connectivity index (χ0) is 25.9. The van der Waals surface area contributed by atoms with Crippen LogP contribution in [0.3, 0.4) is 0 Å². The van der Waals surface area contributed by atoms with Crippen molar-refractivity contribution in [3.63, 3.8) is 0 Å². The maximum Gasteiger partial charge on any atom is 0.328 e. The van der Waals surface area contributed by atoms with Crippen LogP contribution >= 0.6 is 0 Å². The Hall–Kier alpha value is -3.69. The first kappa shape index (κ1) is 25.4. The molecule has 0 aliphatic rings. The van der Waals surface area contributed by atoms with Crippen LogP contribution in [-0.4, -0.2) is 35.7 Å². The topological polar surface area (TPSA) is 113 Å². The Bertz CT molecular complexity index is 1470. The number of hydrogen-bond donors (Lipinski definition) is 3. The Kier molecular flexibility index (Phi) is 7.42. The number of carbonyl (C=O) groups excluding carboxylic acids is 1. The SMILES string of the molecule is CCc1nc2cc(C(C)O)ccc2n1-c1ccc(CCNC(=O)NS(=O)(=O)c2ccc(C)cc2)cc1. The van der Waals surface area contributed by atoms with Crippen LogP contribution in [0.1, 0.15) is 42.5 Å². The Morgan fingerprint density at radius 2 is 1.75 bits per heavy atom. The molecule has 0 aliphatic heterocycles. The lowest BCUT2D eigenvalue weighted by Crippen LogP contribution is -2.40. The van der Waals surface area contributed by atoms with Gasteiger partial charge in [-0.15, -0.1) is 0 Å². The zero-order valence-corrected chi connectivity index (χ0v) is 21.3. The number of imidazole rings is 1. The monoisotopic (exact) mass is 506 g/mol. The molecule has 8 nitrogen and oxygen atoms in total. The highest BCUT2D eigenvalue weighted by molar-refractivity contribution is 7.90. The molecule has 1 unspecified atom stereocenters. The van der Waals surface area contributed by atoms with Crippen molar-refractivity contribution >= 4 is 27.1 Å². The maximum atomic E-state index is 12.3. The summed E-state index contributed by atoms with van der Waals surface area (Å²) in [6, 6.07) is 19.3. The van der Waals surface area contributed by atoms with Crippen molar-refractivity contribution < 1.29 is 18.3 Å². The minimum atomic E-state index is -3.92. The quantitative estimate of drug-likeness (QED) is 0.332. The van der Waals surface area contributed by atoms with Gasteiger partial charge in [-0.25, -0.2) is 22.9 Å². The average molecular weight is 507 g/mol. The summed E-state index contributed by atoms with van der Waals surface area (Å²) in [5, 5.41) is 12.5. The van der Waals surface area contributed by atoms with E-state index in [0.717, 1.165) is 45.7 Å². The van der Waals surface area contributed by atoms with Gasteiger partial charge in [0.2, 0.25) is 0 Å². The Morgan fingerprint density at radius 3 is 2.39 bits per heavy atom. The van der Waals surface area contributed by atoms with E-state index in [0.29, 0.717) is 6.42 Å². The van der Waals surface area contributed by atoms with E-state index in [4.69, 9.17) is 4.98 Å². The molecule has 0 fully saturated rings. The van der Waals surface area contributed by atoms with E-state index < -0.39 is 22.2 Å². The number of rotatable bonds is 8. The van der Waals surface area contributed by atoms with Crippen LogP contribution in [0.5, 0.6) is 0 Å². The van der Waals surface area contributed by atoms with E-state index in [1.807, 2.05) is 54.1 Å². The first-order valence-electron chi connectivity index (χ1n) is 11.8. The lowest BCUT2D eigenvalue weighted by molar-refractivity contribution is 0.199. The molecular formula is C27H30N4O4S. The summed E-state index contributed by atoms with van der Waals surface area (Å²) >= 11 is 0. The summed E-state index contributed by atoms with van der Waals surface area (Å²) in [5.41, 5.74) is 5.54. The standard InChI is InChI=1S/C27H30N4O4S/c1-4-26-29-24-17-21(19(3)32)9-14-25(24)31(26)22-10-7-20(8-11-22)15-16-28-27(33)30-36(34,35)23-12-5-18(2)6-13-23/h5-14,17,19,32H,4,15-16H2,1-3H3,(H2,28,30,33). The summed E-state index contributed by atoms with van der Waals surface area (Å²) in [6.45, 7) is 5.93. The number of carbonyl (C=O) groups is 1. The van der Waals surface area contributed by atoms with Crippen molar-refractivity contribution in [1.29, 1.82) is 0 Å². The molecule has 36 heavy (non-hydrogen) atoms. The van der Waals surface area contributed by atoms with Gasteiger partial charge < -0.3 is 10.4 Å². The van der Waals surface area contributed by atoms with Gasteiger partial charge in [0, 0.05) is 18.7 Å². The molecule has 1 heterocycles. The molecule has 4 aromatic rings. The Balaban J connectivity index is 1.40. The van der Waals surface area contributed by atoms with E-state index in [1.54, 1.807) is 19.1 Å². The Labute approximate surface area is 211 Å². The molecule has 0 saturated heterocycles. The number of benzene rings is 3. The third-order valence-corrected chi connectivity index (χ3v) is 7.35. The van der Waals surface area contributed by atoms with E-state index in [1.165, 1.54) is 12.1 Å². The Morgan fingerprint density at radius 1 is 1.06 bits per heavy atom. The molecular weight excluding hydrogens is 476 g/mol. The fourth-order valence-electron chi connectivity index (χ4n) is 4.00. The van der Waals surface area contributed by atoms with E-state index in [-0.39, 0.29) is 11.4 Å². The molecule has 0 radical (unpaired) electrons. The van der Waals surface area contributed by atoms with Gasteiger partial charge in [-0.3, -0.25) is 4.57 Å². The number of aliphatic hydroxyl groups excluding tert-OH is 1. The highest BCUT2D eigenvalue weighted by atomic mass is 32.2. The second-order valence-corrected chi connectivity index (χ2v) is 10.4. The van der Waals surface area contributed by atoms with Crippen molar-refractivity contribution in [1.82, 2.24) is 19.6 Å². The number of nitrogens with one attached hydrogen (secondary N) is 2. The van der Waals surface area contributed by atoms with Crippen LogP contribution in [0.2, 0.25) is 0 Å². The lowest BCUT2D eigenvalue weighted by atomic mass is 10.1. The first-order chi connectivity index (χ1) is 17.2. The number of hydrogen-bond acceptors (Lipinski definition) is 5. The molecule has 4 rings (SSSR count). The molecule has 3 N–H and O–H groups in total.